The molecule has 1 aliphatic rings. The van der Waals surface area contributed by atoms with Gasteiger partial charge in [0.1, 0.15) is 16.6 Å². The number of amidine groups is 1. The van der Waals surface area contributed by atoms with E-state index in [9.17, 15) is 43.3 Å². The summed E-state index contributed by atoms with van der Waals surface area (Å²) in [6.45, 7) is 0.902. The van der Waals surface area contributed by atoms with Crippen molar-refractivity contribution >= 4 is 39.0 Å². The molecule has 0 aliphatic carbocycles. The van der Waals surface area contributed by atoms with Crippen molar-refractivity contribution in [2.75, 3.05) is 32.6 Å². The predicted octanol–water partition coefficient (Wildman–Crippen LogP) is 1.78. The Morgan fingerprint density at radius 2 is 1.85 bits per heavy atom. The quantitative estimate of drug-likeness (QED) is 0.176. The minimum atomic E-state index is -4.20. The maximum atomic E-state index is 12.5. The van der Waals surface area contributed by atoms with Crippen molar-refractivity contribution in [1.29, 1.82) is 0 Å². The summed E-state index contributed by atoms with van der Waals surface area (Å²) in [5, 5.41) is 33.9. The summed E-state index contributed by atoms with van der Waals surface area (Å²) in [4.78, 5) is 50.0. The monoisotopic (exact) mass is 560 g/mol. The van der Waals surface area contributed by atoms with Gasteiger partial charge in [0.15, 0.2) is 9.84 Å². The Morgan fingerprint density at radius 1 is 1.15 bits per heavy atom. The van der Waals surface area contributed by atoms with Crippen molar-refractivity contribution in [1.82, 2.24) is 15.1 Å². The van der Waals surface area contributed by atoms with E-state index in [0.717, 1.165) is 17.7 Å². The topological polar surface area (TPSA) is 206 Å². The van der Waals surface area contributed by atoms with Crippen LogP contribution in [0.2, 0.25) is 0 Å². The molecule has 3 rings (SSSR count). The summed E-state index contributed by atoms with van der Waals surface area (Å²) in [5.41, 5.74) is -0.0741. The lowest BCUT2D eigenvalue weighted by molar-refractivity contribution is -0.396. The van der Waals surface area contributed by atoms with Gasteiger partial charge in [-0.3, -0.25) is 40.2 Å². The van der Waals surface area contributed by atoms with Crippen LogP contribution >= 0.6 is 0 Å². The fourth-order valence-corrected chi connectivity index (χ4v) is 4.93. The molecule has 2 aromatic rings. The van der Waals surface area contributed by atoms with Gasteiger partial charge >= 0.3 is 6.09 Å². The first-order valence-electron chi connectivity index (χ1n) is 11.3. The van der Waals surface area contributed by atoms with Crippen LogP contribution in [0.4, 0.5) is 16.2 Å². The first kappa shape index (κ1) is 28.9. The average Bonchev–Trinajstić information content (AvgIpc) is 3.39. The number of carbonyl (C=O) groups is 2. The van der Waals surface area contributed by atoms with E-state index in [4.69, 9.17) is 0 Å². The van der Waals surface area contributed by atoms with E-state index in [1.54, 1.807) is 31.3 Å². The lowest BCUT2D eigenvalue weighted by atomic mass is 10.1. The summed E-state index contributed by atoms with van der Waals surface area (Å²) < 4.78 is 25.1. The number of amides is 2. The molecule has 206 valence electrons. The zero-order chi connectivity index (χ0) is 28.7. The molecule has 39 heavy (non-hydrogen) atoms. The Labute approximate surface area is 222 Å². The molecule has 1 heterocycles. The molecule has 0 aromatic heterocycles. The third-order valence-corrected chi connectivity index (χ3v) is 7.18. The minimum absolute atomic E-state index is 0.0452. The molecule has 0 spiro atoms. The van der Waals surface area contributed by atoms with Gasteiger partial charge in [-0.1, -0.05) is 30.3 Å². The van der Waals surface area contributed by atoms with Crippen molar-refractivity contribution in [3.63, 3.8) is 0 Å². The number of hydrogen-bond donors (Lipinski definition) is 2. The van der Waals surface area contributed by atoms with Gasteiger partial charge in [0.05, 0.1) is 29.0 Å². The molecule has 2 N–H and O–H groups in total. The Hall–Kier alpha value is -4.70. The molecule has 0 atom stereocenters. The number of carbonyl (C=O) groups excluding carboxylic acids is 1. The van der Waals surface area contributed by atoms with Gasteiger partial charge in [-0.25, -0.2) is 13.2 Å². The highest BCUT2D eigenvalue weighted by Crippen LogP contribution is 2.28. The summed E-state index contributed by atoms with van der Waals surface area (Å²) in [6, 6.07) is 9.24. The largest absolute Gasteiger partial charge is 0.465 e. The molecule has 15 nitrogen and oxygen atoms in total. The number of nitrogens with one attached hydrogen (secondary N) is 1. The molecule has 0 fully saturated rings. The van der Waals surface area contributed by atoms with E-state index in [0.29, 0.717) is 30.6 Å². The van der Waals surface area contributed by atoms with Crippen LogP contribution in [0.25, 0.3) is 0 Å². The molecule has 2 aromatic carbocycles. The number of likely N-dealkylation sites (N-methyl/N-ethyl adjacent to an activating group) is 1. The van der Waals surface area contributed by atoms with E-state index in [1.165, 1.54) is 22.0 Å². The highest BCUT2D eigenvalue weighted by atomic mass is 32.2. The number of benzene rings is 2. The van der Waals surface area contributed by atoms with Crippen LogP contribution in [0.15, 0.2) is 64.5 Å². The van der Waals surface area contributed by atoms with Crippen LogP contribution in [0, 0.1) is 20.2 Å². The standard InChI is InChI=1S/C23H24N6O9S/c1-26(14-16-4-6-17(7-5-16)22-25-11-12-27(22)23(31)32)21(30)3-2-10-24-15-39(37,38)20-9-8-18(28(33)34)13-19(20)29(35)36/h2-9,13,24H,10-12,14-15H2,1H3,(H,31,32)/b3-2+. The third-order valence-electron chi connectivity index (χ3n) is 5.58. The number of non-ortho nitro benzene ring substituents is 1. The lowest BCUT2D eigenvalue weighted by Gasteiger charge is -2.17. The van der Waals surface area contributed by atoms with E-state index in [2.05, 4.69) is 10.3 Å². The number of sulfone groups is 1. The van der Waals surface area contributed by atoms with Crippen molar-refractivity contribution in [3.8, 4) is 0 Å². The normalized spacial score (nSPS) is 13.4. The Bertz CT molecular complexity index is 1450. The molecule has 1 aliphatic heterocycles. The van der Waals surface area contributed by atoms with Gasteiger partial charge in [-0.05, 0) is 11.6 Å². The molecule has 0 saturated carbocycles. The molecule has 16 heteroatoms. The summed E-state index contributed by atoms with van der Waals surface area (Å²) in [7, 11) is -2.63. The Balaban J connectivity index is 1.52. The second-order valence-electron chi connectivity index (χ2n) is 8.31. The second-order valence-corrected chi connectivity index (χ2v) is 10.3. The lowest BCUT2D eigenvalue weighted by Crippen LogP contribution is -2.33. The van der Waals surface area contributed by atoms with Crippen molar-refractivity contribution in [3.05, 3.63) is 86.0 Å². The van der Waals surface area contributed by atoms with E-state index < -0.39 is 47.9 Å². The zero-order valence-electron chi connectivity index (χ0n) is 20.6. The van der Waals surface area contributed by atoms with Gasteiger partial charge in [0, 0.05) is 37.8 Å². The van der Waals surface area contributed by atoms with Crippen LogP contribution in [0.1, 0.15) is 11.1 Å². The second kappa shape index (κ2) is 12.2. The number of aliphatic imine (C=N–C) groups is 1. The fraction of sp³-hybridized carbons (Fsp3) is 0.261. The van der Waals surface area contributed by atoms with Crippen molar-refractivity contribution in [2.45, 2.75) is 11.4 Å². The van der Waals surface area contributed by atoms with Gasteiger partial charge < -0.3 is 10.0 Å². The average molecular weight is 561 g/mol. The van der Waals surface area contributed by atoms with E-state index in [1.807, 2.05) is 0 Å². The third kappa shape index (κ3) is 7.20. The Morgan fingerprint density at radius 3 is 2.46 bits per heavy atom. The molecule has 0 saturated heterocycles. The first-order chi connectivity index (χ1) is 18.4. The smallest absolute Gasteiger partial charge is 0.413 e. The Kier molecular flexibility index (Phi) is 9.05. The summed E-state index contributed by atoms with van der Waals surface area (Å²) in [6.07, 6.45) is 1.55. The van der Waals surface area contributed by atoms with Crippen LogP contribution in [0.3, 0.4) is 0 Å². The minimum Gasteiger partial charge on any atom is -0.465 e. The number of nitro groups is 2. The van der Waals surface area contributed by atoms with Crippen LogP contribution in [-0.4, -0.2) is 83.6 Å². The highest BCUT2D eigenvalue weighted by Gasteiger charge is 2.28. The molecule has 2 amide bonds. The summed E-state index contributed by atoms with van der Waals surface area (Å²) >= 11 is 0. The van der Waals surface area contributed by atoms with E-state index >= 15 is 0 Å². The summed E-state index contributed by atoms with van der Waals surface area (Å²) in [5.74, 6) is -0.692. The first-order valence-corrected chi connectivity index (χ1v) is 13.0. The van der Waals surface area contributed by atoms with Crippen LogP contribution in [0.5, 0.6) is 0 Å². The van der Waals surface area contributed by atoms with E-state index in [-0.39, 0.29) is 19.0 Å². The van der Waals surface area contributed by atoms with Gasteiger partial charge in [-0.2, -0.15) is 0 Å². The van der Waals surface area contributed by atoms with Gasteiger partial charge in [0.2, 0.25) is 5.91 Å². The van der Waals surface area contributed by atoms with Crippen molar-refractivity contribution in [2.24, 2.45) is 4.99 Å². The SMILES string of the molecule is CN(Cc1ccc(C2=NCCN2C(=O)O)cc1)C(=O)/C=C/CNCS(=O)(=O)c1ccc([N+](=O)[O-])cc1[N+](=O)[O-]. The zero-order valence-corrected chi connectivity index (χ0v) is 21.4. The number of hydrogen-bond acceptors (Lipinski definition) is 10. The molecule has 0 bridgehead atoms. The van der Waals surface area contributed by atoms with Gasteiger partial charge in [0.25, 0.3) is 11.4 Å². The molecular formula is C23H24N6O9S. The molecule has 0 radical (unpaired) electrons. The van der Waals surface area contributed by atoms with Crippen LogP contribution < -0.4 is 5.32 Å². The fourth-order valence-electron chi connectivity index (χ4n) is 3.66. The maximum absolute atomic E-state index is 12.5. The maximum Gasteiger partial charge on any atom is 0.413 e. The predicted molar refractivity (Wildman–Crippen MR) is 138 cm³/mol. The van der Waals surface area contributed by atoms with Crippen LogP contribution in [-0.2, 0) is 21.2 Å². The number of rotatable bonds is 11. The number of carboxylic acid groups (broad SMARTS) is 1. The van der Waals surface area contributed by atoms with Gasteiger partial charge in [-0.15, -0.1) is 0 Å². The molecular weight excluding hydrogens is 536 g/mol. The highest BCUT2D eigenvalue weighted by molar-refractivity contribution is 7.91. The molecule has 0 unspecified atom stereocenters. The van der Waals surface area contributed by atoms with Crippen molar-refractivity contribution < 1.29 is 33.0 Å². The number of nitro benzene ring substituents is 2. The number of nitrogens with zero attached hydrogens (tertiary/aromatic N) is 5.